The largest absolute Gasteiger partial charge is 0.343 e. The summed E-state index contributed by atoms with van der Waals surface area (Å²) in [7, 11) is 0. The summed E-state index contributed by atoms with van der Waals surface area (Å²) >= 11 is 3.15. The second kappa shape index (κ2) is 7.59. The van der Waals surface area contributed by atoms with Crippen LogP contribution in [0.15, 0.2) is 65.4 Å². The Bertz CT molecular complexity index is 964. The Kier molecular flexibility index (Phi) is 4.85. The molecule has 3 heterocycles. The molecule has 0 bridgehead atoms. The van der Waals surface area contributed by atoms with Crippen molar-refractivity contribution in [2.24, 2.45) is 0 Å². The standard InChI is InChI=1S/C18H15N5OS2/c24-16(12-23-21-18(20-22-23)15-9-5-11-26-15)19-17(14-8-4-10-25-14)13-6-2-1-3-7-13/h1-11,17H,12H2,(H,19,24)/t17-/m0/s1. The molecule has 1 amide bonds. The minimum absolute atomic E-state index is 0.0209. The lowest BCUT2D eigenvalue weighted by Gasteiger charge is -2.17. The Hall–Kier alpha value is -2.84. The fraction of sp³-hybridized carbons (Fsp3) is 0.111. The van der Waals surface area contributed by atoms with Gasteiger partial charge in [-0.15, -0.1) is 32.9 Å². The third-order valence-electron chi connectivity index (χ3n) is 3.75. The van der Waals surface area contributed by atoms with E-state index < -0.39 is 0 Å². The van der Waals surface area contributed by atoms with Gasteiger partial charge in [-0.1, -0.05) is 42.5 Å². The van der Waals surface area contributed by atoms with Crippen LogP contribution in [0.4, 0.5) is 0 Å². The fourth-order valence-corrected chi connectivity index (χ4v) is 4.02. The molecule has 4 rings (SSSR count). The zero-order chi connectivity index (χ0) is 17.8. The lowest BCUT2D eigenvalue weighted by molar-refractivity contribution is -0.122. The minimum atomic E-state index is -0.191. The van der Waals surface area contributed by atoms with Gasteiger partial charge in [-0.3, -0.25) is 4.79 Å². The number of carbonyl (C=O) groups is 1. The molecular formula is C18H15N5OS2. The highest BCUT2D eigenvalue weighted by molar-refractivity contribution is 7.13. The summed E-state index contributed by atoms with van der Waals surface area (Å²) in [5.41, 5.74) is 1.04. The summed E-state index contributed by atoms with van der Waals surface area (Å²) in [6.07, 6.45) is 0. The first kappa shape index (κ1) is 16.6. The van der Waals surface area contributed by atoms with Crippen LogP contribution < -0.4 is 5.32 Å². The predicted molar refractivity (Wildman–Crippen MR) is 102 cm³/mol. The maximum Gasteiger partial charge on any atom is 0.244 e. The summed E-state index contributed by atoms with van der Waals surface area (Å²) in [6.45, 7) is 0.0209. The molecule has 8 heteroatoms. The summed E-state index contributed by atoms with van der Waals surface area (Å²) in [4.78, 5) is 15.9. The number of amides is 1. The smallest absolute Gasteiger partial charge is 0.244 e. The van der Waals surface area contributed by atoms with Gasteiger partial charge in [-0.2, -0.15) is 4.80 Å². The van der Waals surface area contributed by atoms with E-state index in [2.05, 4.69) is 20.7 Å². The summed E-state index contributed by atoms with van der Waals surface area (Å²) < 4.78 is 0. The van der Waals surface area contributed by atoms with E-state index in [-0.39, 0.29) is 18.5 Å². The fourth-order valence-electron chi connectivity index (χ4n) is 2.57. The molecule has 130 valence electrons. The van der Waals surface area contributed by atoms with Crippen LogP contribution in [-0.2, 0) is 11.3 Å². The van der Waals surface area contributed by atoms with E-state index in [0.29, 0.717) is 5.82 Å². The van der Waals surface area contributed by atoms with Crippen molar-refractivity contribution in [2.75, 3.05) is 0 Å². The van der Waals surface area contributed by atoms with Crippen molar-refractivity contribution in [1.82, 2.24) is 25.5 Å². The lowest BCUT2D eigenvalue weighted by Crippen LogP contribution is -2.32. The molecule has 1 N–H and O–H groups in total. The van der Waals surface area contributed by atoms with Crippen LogP contribution in [0.25, 0.3) is 10.7 Å². The molecule has 1 atom stereocenters. The monoisotopic (exact) mass is 381 g/mol. The average Bonchev–Trinajstić information content (AvgIpc) is 3.41. The molecule has 3 aromatic heterocycles. The van der Waals surface area contributed by atoms with Crippen LogP contribution in [-0.4, -0.2) is 26.1 Å². The summed E-state index contributed by atoms with van der Waals surface area (Å²) in [6, 6.07) is 17.6. The number of rotatable bonds is 6. The van der Waals surface area contributed by atoms with E-state index in [0.717, 1.165) is 15.3 Å². The summed E-state index contributed by atoms with van der Waals surface area (Å²) in [5.74, 6) is 0.369. The molecule has 0 spiro atoms. The number of tetrazole rings is 1. The molecule has 6 nitrogen and oxygen atoms in total. The lowest BCUT2D eigenvalue weighted by atomic mass is 10.1. The Labute approximate surface area is 158 Å². The van der Waals surface area contributed by atoms with Gasteiger partial charge in [0.25, 0.3) is 0 Å². The van der Waals surface area contributed by atoms with Crippen LogP contribution in [0, 0.1) is 0 Å². The predicted octanol–water partition coefficient (Wildman–Crippen LogP) is 3.37. The molecule has 1 aromatic carbocycles. The highest BCUT2D eigenvalue weighted by Gasteiger charge is 2.18. The maximum atomic E-state index is 12.6. The topological polar surface area (TPSA) is 72.7 Å². The molecule has 0 aliphatic heterocycles. The molecule has 26 heavy (non-hydrogen) atoms. The van der Waals surface area contributed by atoms with E-state index in [1.165, 1.54) is 16.1 Å². The molecule has 0 aliphatic rings. The average molecular weight is 381 g/mol. The van der Waals surface area contributed by atoms with Crippen molar-refractivity contribution in [3.8, 4) is 10.7 Å². The zero-order valence-electron chi connectivity index (χ0n) is 13.6. The Balaban J connectivity index is 1.49. The van der Waals surface area contributed by atoms with E-state index >= 15 is 0 Å². The first-order valence-corrected chi connectivity index (χ1v) is 9.75. The van der Waals surface area contributed by atoms with E-state index in [1.807, 2.05) is 65.4 Å². The van der Waals surface area contributed by atoms with Crippen molar-refractivity contribution < 1.29 is 4.79 Å². The normalized spacial score (nSPS) is 12.0. The molecule has 0 radical (unpaired) electrons. The van der Waals surface area contributed by atoms with Crippen molar-refractivity contribution in [2.45, 2.75) is 12.6 Å². The quantitative estimate of drug-likeness (QED) is 0.556. The van der Waals surface area contributed by atoms with Crippen molar-refractivity contribution in [1.29, 1.82) is 0 Å². The number of carbonyl (C=O) groups excluding carboxylic acids is 1. The number of hydrogen-bond acceptors (Lipinski definition) is 6. The molecule has 0 unspecified atom stereocenters. The van der Waals surface area contributed by atoms with Crippen LogP contribution in [0.5, 0.6) is 0 Å². The molecule has 0 fully saturated rings. The van der Waals surface area contributed by atoms with Crippen molar-refractivity contribution in [3.63, 3.8) is 0 Å². The molecule has 0 saturated carbocycles. The van der Waals surface area contributed by atoms with Gasteiger partial charge < -0.3 is 5.32 Å². The highest BCUT2D eigenvalue weighted by atomic mass is 32.1. The third kappa shape index (κ3) is 3.71. The Morgan fingerprint density at radius 3 is 2.58 bits per heavy atom. The van der Waals surface area contributed by atoms with Gasteiger partial charge in [0.05, 0.1) is 10.9 Å². The number of nitrogens with one attached hydrogen (secondary N) is 1. The zero-order valence-corrected chi connectivity index (χ0v) is 15.3. The van der Waals surface area contributed by atoms with E-state index in [4.69, 9.17) is 0 Å². The van der Waals surface area contributed by atoms with Crippen LogP contribution in [0.3, 0.4) is 0 Å². The Morgan fingerprint density at radius 2 is 1.85 bits per heavy atom. The highest BCUT2D eigenvalue weighted by Crippen LogP contribution is 2.26. The van der Waals surface area contributed by atoms with Crippen LogP contribution in [0.2, 0.25) is 0 Å². The molecule has 0 aliphatic carbocycles. The Morgan fingerprint density at radius 1 is 1.04 bits per heavy atom. The van der Waals surface area contributed by atoms with Gasteiger partial charge in [-0.25, -0.2) is 0 Å². The third-order valence-corrected chi connectivity index (χ3v) is 5.55. The first-order chi connectivity index (χ1) is 12.8. The second-order valence-corrected chi connectivity index (χ2v) is 7.47. The number of aromatic nitrogens is 4. The van der Waals surface area contributed by atoms with Crippen molar-refractivity contribution in [3.05, 3.63) is 75.8 Å². The van der Waals surface area contributed by atoms with Gasteiger partial charge in [0.15, 0.2) is 0 Å². The van der Waals surface area contributed by atoms with Crippen LogP contribution in [0.1, 0.15) is 16.5 Å². The van der Waals surface area contributed by atoms with Gasteiger partial charge in [0, 0.05) is 4.88 Å². The second-order valence-electron chi connectivity index (χ2n) is 5.55. The maximum absolute atomic E-state index is 12.6. The SMILES string of the molecule is O=C(Cn1nnc(-c2cccs2)n1)N[C@@H](c1ccccc1)c1cccs1. The van der Waals surface area contributed by atoms with Gasteiger partial charge in [0.1, 0.15) is 6.54 Å². The molecule has 4 aromatic rings. The van der Waals surface area contributed by atoms with Gasteiger partial charge >= 0.3 is 0 Å². The van der Waals surface area contributed by atoms with Crippen LogP contribution >= 0.6 is 22.7 Å². The van der Waals surface area contributed by atoms with Crippen molar-refractivity contribution >= 4 is 28.6 Å². The molecular weight excluding hydrogens is 366 g/mol. The first-order valence-electron chi connectivity index (χ1n) is 7.99. The van der Waals surface area contributed by atoms with E-state index in [9.17, 15) is 4.79 Å². The number of hydrogen-bond donors (Lipinski definition) is 1. The van der Waals surface area contributed by atoms with Gasteiger partial charge in [0.2, 0.25) is 11.7 Å². The summed E-state index contributed by atoms with van der Waals surface area (Å²) in [5, 5.41) is 19.3. The molecule has 0 saturated heterocycles. The van der Waals surface area contributed by atoms with E-state index in [1.54, 1.807) is 11.3 Å². The van der Waals surface area contributed by atoms with Gasteiger partial charge in [-0.05, 0) is 33.7 Å². The number of nitrogens with zero attached hydrogens (tertiary/aromatic N) is 4. The number of benzene rings is 1. The number of thiophene rings is 2. The minimum Gasteiger partial charge on any atom is -0.343 e.